The smallest absolute Gasteiger partial charge is 0.315 e. The molecule has 4 amide bonds. The molecule has 10 heteroatoms. The molecule has 28 heavy (non-hydrogen) atoms. The highest BCUT2D eigenvalue weighted by molar-refractivity contribution is 8.00. The van der Waals surface area contributed by atoms with Gasteiger partial charge in [0.05, 0.1) is 30.1 Å². The number of hydrogen-bond donors (Lipinski definition) is 5. The molecule has 5 N–H and O–H groups in total. The highest BCUT2D eigenvalue weighted by Gasteiger charge is 2.43. The number of thioether (sulfide) groups is 2. The van der Waals surface area contributed by atoms with Crippen molar-refractivity contribution in [2.24, 2.45) is 5.92 Å². The van der Waals surface area contributed by atoms with Crippen molar-refractivity contribution in [3.05, 3.63) is 0 Å². The Morgan fingerprint density at radius 2 is 1.36 bits per heavy atom. The zero-order chi connectivity index (χ0) is 19.7. The van der Waals surface area contributed by atoms with Crippen molar-refractivity contribution < 1.29 is 19.5 Å². The van der Waals surface area contributed by atoms with Gasteiger partial charge >= 0.3 is 18.0 Å². The van der Waals surface area contributed by atoms with Crippen molar-refractivity contribution in [1.29, 1.82) is 0 Å². The fourth-order valence-corrected chi connectivity index (χ4v) is 7.90. The molecule has 0 bridgehead atoms. The number of nitrogens with one attached hydrogen (secondary N) is 4. The first kappa shape index (κ1) is 20.0. The van der Waals surface area contributed by atoms with Crippen molar-refractivity contribution >= 4 is 41.6 Å². The number of hydrogen-bond acceptors (Lipinski definition) is 5. The summed E-state index contributed by atoms with van der Waals surface area (Å²) in [6, 6.07) is 0.646. The lowest BCUT2D eigenvalue weighted by Crippen LogP contribution is -2.37. The van der Waals surface area contributed by atoms with E-state index in [4.69, 9.17) is 0 Å². The normalized spacial score (nSPS) is 36.9. The average molecular weight is 429 g/mol. The van der Waals surface area contributed by atoms with E-state index in [1.807, 2.05) is 23.5 Å². The van der Waals surface area contributed by atoms with Gasteiger partial charge in [0.15, 0.2) is 0 Å². The Morgan fingerprint density at radius 1 is 0.893 bits per heavy atom. The van der Waals surface area contributed by atoms with Crippen LogP contribution in [0.25, 0.3) is 0 Å². The molecule has 0 aliphatic carbocycles. The van der Waals surface area contributed by atoms with Crippen LogP contribution in [0.1, 0.15) is 38.5 Å². The molecule has 0 aromatic carbocycles. The summed E-state index contributed by atoms with van der Waals surface area (Å²) in [5, 5.41) is 22.2. The van der Waals surface area contributed by atoms with Crippen molar-refractivity contribution in [3.8, 4) is 0 Å². The van der Waals surface area contributed by atoms with E-state index in [9.17, 15) is 19.5 Å². The van der Waals surface area contributed by atoms with Crippen LogP contribution in [0.2, 0.25) is 0 Å². The number of urea groups is 2. The Bertz CT molecular complexity index is 591. The molecule has 4 rings (SSSR count). The predicted molar refractivity (Wildman–Crippen MR) is 110 cm³/mol. The second kappa shape index (κ2) is 8.61. The molecule has 2 unspecified atom stereocenters. The van der Waals surface area contributed by atoms with Gasteiger partial charge in [-0.05, 0) is 25.7 Å². The molecule has 156 valence electrons. The number of rotatable bonds is 9. The number of amides is 4. The third-order valence-electron chi connectivity index (χ3n) is 6.31. The Hall–Kier alpha value is -1.29. The molecule has 4 saturated heterocycles. The van der Waals surface area contributed by atoms with Crippen molar-refractivity contribution in [2.45, 2.75) is 73.2 Å². The quantitative estimate of drug-likeness (QED) is 0.354. The van der Waals surface area contributed by atoms with Crippen LogP contribution < -0.4 is 21.3 Å². The third kappa shape index (κ3) is 4.32. The van der Waals surface area contributed by atoms with Gasteiger partial charge in [-0.15, -0.1) is 0 Å². The van der Waals surface area contributed by atoms with Crippen LogP contribution in [0.4, 0.5) is 9.59 Å². The van der Waals surface area contributed by atoms with Gasteiger partial charge in [0.25, 0.3) is 0 Å². The zero-order valence-corrected chi connectivity index (χ0v) is 17.3. The first-order chi connectivity index (χ1) is 13.5. The largest absolute Gasteiger partial charge is 0.481 e. The van der Waals surface area contributed by atoms with Gasteiger partial charge in [-0.25, -0.2) is 9.59 Å². The van der Waals surface area contributed by atoms with Crippen LogP contribution in [-0.2, 0) is 4.79 Å². The fourth-order valence-electron chi connectivity index (χ4n) is 4.81. The van der Waals surface area contributed by atoms with Crippen LogP contribution in [0, 0.1) is 5.92 Å². The Labute approximate surface area is 173 Å². The van der Waals surface area contributed by atoms with E-state index in [0.717, 1.165) is 37.2 Å². The van der Waals surface area contributed by atoms with E-state index < -0.39 is 5.97 Å². The first-order valence-corrected chi connectivity index (χ1v) is 12.2. The molecule has 8 nitrogen and oxygen atoms in total. The summed E-state index contributed by atoms with van der Waals surface area (Å²) in [4.78, 5) is 34.6. The third-order valence-corrected chi connectivity index (χ3v) is 9.33. The van der Waals surface area contributed by atoms with Gasteiger partial charge in [0.1, 0.15) is 0 Å². The Morgan fingerprint density at radius 3 is 1.79 bits per heavy atom. The number of carboxylic acid groups (broad SMARTS) is 1. The van der Waals surface area contributed by atoms with Gasteiger partial charge in [0.2, 0.25) is 0 Å². The minimum atomic E-state index is -0.708. The van der Waals surface area contributed by atoms with Gasteiger partial charge in [-0.3, -0.25) is 4.79 Å². The van der Waals surface area contributed by atoms with Gasteiger partial charge in [-0.2, -0.15) is 23.5 Å². The molecule has 4 fully saturated rings. The van der Waals surface area contributed by atoms with E-state index in [-0.39, 0.29) is 42.1 Å². The summed E-state index contributed by atoms with van der Waals surface area (Å²) < 4.78 is 0. The summed E-state index contributed by atoms with van der Waals surface area (Å²) >= 11 is 3.74. The van der Waals surface area contributed by atoms with Crippen LogP contribution in [0.5, 0.6) is 0 Å². The lowest BCUT2D eigenvalue weighted by Gasteiger charge is -2.19. The SMILES string of the molecule is O=C1N[C@H]2CSC(CCCC(CCCC3SC[C@@H]4NC(=O)N[C@H]34)C(=O)O)[C@H]2N1. The lowest BCUT2D eigenvalue weighted by molar-refractivity contribution is -0.142. The number of carbonyl (C=O) groups excluding carboxylic acids is 2. The van der Waals surface area contributed by atoms with E-state index in [0.29, 0.717) is 23.3 Å². The molecule has 0 saturated carbocycles. The molecular formula is C18H28N4O4S2. The van der Waals surface area contributed by atoms with Crippen LogP contribution in [-0.4, -0.2) is 69.3 Å². The van der Waals surface area contributed by atoms with E-state index in [2.05, 4.69) is 21.3 Å². The first-order valence-electron chi connectivity index (χ1n) is 10.1. The molecule has 4 aliphatic rings. The van der Waals surface area contributed by atoms with Gasteiger partial charge < -0.3 is 26.4 Å². The summed E-state index contributed by atoms with van der Waals surface area (Å²) in [5.41, 5.74) is 0. The monoisotopic (exact) mass is 428 g/mol. The van der Waals surface area contributed by atoms with Gasteiger partial charge in [0, 0.05) is 22.0 Å². The van der Waals surface area contributed by atoms with Crippen LogP contribution in [0.3, 0.4) is 0 Å². The molecule has 4 heterocycles. The Balaban J connectivity index is 1.17. The highest BCUT2D eigenvalue weighted by Crippen LogP contribution is 2.35. The summed E-state index contributed by atoms with van der Waals surface area (Å²) in [6.45, 7) is 0. The standard InChI is InChI=1S/C18H28N4O4S2/c23-16(24)9(3-1-5-12-14-10(7-27-12)19-17(25)21-14)4-2-6-13-15-11(8-28-13)20-18(26)22-15/h9-15H,1-8H2,(H,23,24)(H2,19,21,25)(H2,20,22,26)/t9?,10-,11-,12?,13?,14-,15-/m0/s1. The summed E-state index contributed by atoms with van der Waals surface area (Å²) in [5.74, 6) is 0.851. The Kier molecular flexibility index (Phi) is 6.15. The maximum atomic E-state index is 11.7. The maximum Gasteiger partial charge on any atom is 0.315 e. The topological polar surface area (TPSA) is 120 Å². The van der Waals surface area contributed by atoms with Crippen LogP contribution in [0.15, 0.2) is 0 Å². The fraction of sp³-hybridized carbons (Fsp3) is 0.833. The number of carboxylic acids is 1. The molecule has 4 aliphatic heterocycles. The molecule has 0 aromatic rings. The average Bonchev–Trinajstić information content (AvgIpc) is 3.36. The second-order valence-electron chi connectivity index (χ2n) is 8.14. The minimum Gasteiger partial charge on any atom is -0.481 e. The molecule has 0 aromatic heterocycles. The molecule has 6 atom stereocenters. The predicted octanol–water partition coefficient (Wildman–Crippen LogP) is 1.36. The van der Waals surface area contributed by atoms with E-state index in [1.165, 1.54) is 0 Å². The molecular weight excluding hydrogens is 400 g/mol. The van der Waals surface area contributed by atoms with E-state index in [1.54, 1.807) is 0 Å². The number of carbonyl (C=O) groups is 3. The van der Waals surface area contributed by atoms with E-state index >= 15 is 0 Å². The van der Waals surface area contributed by atoms with Gasteiger partial charge in [-0.1, -0.05) is 12.8 Å². The molecule has 0 radical (unpaired) electrons. The lowest BCUT2D eigenvalue weighted by atomic mass is 9.93. The minimum absolute atomic E-state index is 0.0793. The summed E-state index contributed by atoms with van der Waals surface area (Å²) in [6.07, 6.45) is 5.00. The summed E-state index contributed by atoms with van der Waals surface area (Å²) in [7, 11) is 0. The number of fused-ring (bicyclic) bond motifs is 2. The zero-order valence-electron chi connectivity index (χ0n) is 15.7. The van der Waals surface area contributed by atoms with Crippen molar-refractivity contribution in [3.63, 3.8) is 0 Å². The highest BCUT2D eigenvalue weighted by atomic mass is 32.2. The second-order valence-corrected chi connectivity index (χ2v) is 10.7. The number of aliphatic carboxylic acids is 1. The van der Waals surface area contributed by atoms with Crippen LogP contribution >= 0.6 is 23.5 Å². The van der Waals surface area contributed by atoms with Crippen molar-refractivity contribution in [1.82, 2.24) is 21.3 Å². The van der Waals surface area contributed by atoms with Crippen molar-refractivity contribution in [2.75, 3.05) is 11.5 Å². The molecule has 0 spiro atoms. The maximum absolute atomic E-state index is 11.7.